The van der Waals surface area contributed by atoms with Crippen LogP contribution in [0.15, 0.2) is 66.7 Å². The van der Waals surface area contributed by atoms with Gasteiger partial charge in [0, 0.05) is 19.7 Å². The lowest BCUT2D eigenvalue weighted by Gasteiger charge is -2.22. The van der Waals surface area contributed by atoms with Crippen molar-refractivity contribution >= 4 is 11.1 Å². The fourth-order valence-electron chi connectivity index (χ4n) is 5.43. The molecule has 0 unspecified atom stereocenters. The lowest BCUT2D eigenvalue weighted by atomic mass is 9.88. The first-order chi connectivity index (χ1) is 19.2. The third-order valence-electron chi connectivity index (χ3n) is 7.41. The fourth-order valence-corrected chi connectivity index (χ4v) is 5.43. The number of nitrogens with one attached hydrogen (secondary N) is 1. The Labute approximate surface area is 231 Å². The Morgan fingerprint density at radius 2 is 1.44 bits per heavy atom. The van der Waals surface area contributed by atoms with E-state index < -0.39 is 0 Å². The van der Waals surface area contributed by atoms with E-state index in [1.165, 1.54) is 43.3 Å². The molecule has 3 aromatic rings. The first-order valence-corrected chi connectivity index (χ1v) is 14.1. The zero-order valence-electron chi connectivity index (χ0n) is 23.0. The molecule has 3 aromatic carbocycles. The Kier molecular flexibility index (Phi) is 9.41. The maximum Gasteiger partial charge on any atom is 0.231 e. The van der Waals surface area contributed by atoms with E-state index in [9.17, 15) is 0 Å². The Morgan fingerprint density at radius 1 is 0.795 bits per heavy atom. The molecule has 0 spiro atoms. The summed E-state index contributed by atoms with van der Waals surface area (Å²) in [4.78, 5) is 0. The van der Waals surface area contributed by atoms with Gasteiger partial charge in [-0.2, -0.15) is 0 Å². The van der Waals surface area contributed by atoms with Crippen LogP contribution in [-0.2, 0) is 4.74 Å². The minimum atomic E-state index is 0.219. The number of ether oxygens (including phenoxy) is 5. The predicted molar refractivity (Wildman–Crippen MR) is 155 cm³/mol. The van der Waals surface area contributed by atoms with Crippen LogP contribution < -0.4 is 24.3 Å². The lowest BCUT2D eigenvalue weighted by molar-refractivity contribution is 0.0511. The van der Waals surface area contributed by atoms with Crippen LogP contribution in [0.2, 0.25) is 0 Å². The molecule has 1 aliphatic heterocycles. The topological polar surface area (TPSA) is 58.2 Å². The summed E-state index contributed by atoms with van der Waals surface area (Å²) in [5.74, 6) is 3.22. The smallest absolute Gasteiger partial charge is 0.231 e. The molecule has 5 rings (SSSR count). The van der Waals surface area contributed by atoms with Gasteiger partial charge in [-0.05, 0) is 83.5 Å². The summed E-state index contributed by atoms with van der Waals surface area (Å²) in [6.07, 6.45) is 7.47. The number of hydrogen-bond donors (Lipinski definition) is 1. The van der Waals surface area contributed by atoms with Gasteiger partial charge < -0.3 is 29.0 Å². The molecular weight excluding hydrogens is 490 g/mol. The highest BCUT2D eigenvalue weighted by Gasteiger charge is 2.18. The molecule has 1 heterocycles. The second-order valence-corrected chi connectivity index (χ2v) is 10.0. The van der Waals surface area contributed by atoms with E-state index in [4.69, 9.17) is 23.7 Å². The van der Waals surface area contributed by atoms with Gasteiger partial charge in [0.1, 0.15) is 18.1 Å². The van der Waals surface area contributed by atoms with E-state index in [0.29, 0.717) is 12.6 Å². The zero-order valence-corrected chi connectivity index (χ0v) is 23.0. The van der Waals surface area contributed by atoms with E-state index in [-0.39, 0.29) is 13.6 Å². The van der Waals surface area contributed by atoms with Gasteiger partial charge in [0.05, 0.1) is 0 Å². The highest BCUT2D eigenvalue weighted by atomic mass is 16.7. The third-order valence-corrected chi connectivity index (χ3v) is 7.41. The molecule has 1 saturated carbocycles. The molecular formula is C33H39NO5. The normalized spacial score (nSPS) is 15.6. The molecule has 1 aliphatic carbocycles. The molecule has 6 nitrogen and oxygen atoms in total. The van der Waals surface area contributed by atoms with Crippen molar-refractivity contribution in [1.82, 2.24) is 5.32 Å². The highest BCUT2D eigenvalue weighted by Crippen LogP contribution is 2.40. The number of hydrogen-bond acceptors (Lipinski definition) is 6. The van der Waals surface area contributed by atoms with Gasteiger partial charge in [-0.3, -0.25) is 0 Å². The standard InChI is InChI=1S/C33H39NO5/c1-3-30(26-13-18-31-32(21-26)39-23-38-31)33(25-11-16-29(17-12-25)37-22-35-2)24-9-14-28(15-10-24)36-20-19-34-27-7-5-4-6-8-27/h9-18,21,27,34H,3-8,19-20,22-23H2,1-2H3. The van der Waals surface area contributed by atoms with E-state index in [0.717, 1.165) is 52.7 Å². The SMILES string of the molecule is CCC(=C(c1ccc(OCCNC2CCCCC2)cc1)c1ccc(OCOC)cc1)c1ccc2c(c1)OCO2. The average molecular weight is 530 g/mol. The number of fused-ring (bicyclic) bond motifs is 1. The summed E-state index contributed by atoms with van der Waals surface area (Å²) in [6, 6.07) is 23.4. The molecule has 0 radical (unpaired) electrons. The number of rotatable bonds is 12. The van der Waals surface area contributed by atoms with Crippen LogP contribution in [0.5, 0.6) is 23.0 Å². The van der Waals surface area contributed by atoms with E-state index >= 15 is 0 Å². The van der Waals surface area contributed by atoms with E-state index in [1.54, 1.807) is 7.11 Å². The van der Waals surface area contributed by atoms with Crippen LogP contribution in [0.4, 0.5) is 0 Å². The fraction of sp³-hybridized carbons (Fsp3) is 0.394. The number of benzene rings is 3. The van der Waals surface area contributed by atoms with Crippen molar-refractivity contribution in [1.29, 1.82) is 0 Å². The van der Waals surface area contributed by atoms with Gasteiger partial charge in [-0.25, -0.2) is 0 Å². The van der Waals surface area contributed by atoms with E-state index in [1.807, 2.05) is 18.2 Å². The molecule has 0 aromatic heterocycles. The molecule has 1 fully saturated rings. The van der Waals surface area contributed by atoms with Crippen molar-refractivity contribution in [3.63, 3.8) is 0 Å². The molecule has 0 amide bonds. The summed E-state index contributed by atoms with van der Waals surface area (Å²) < 4.78 is 28.0. The second kappa shape index (κ2) is 13.5. The van der Waals surface area contributed by atoms with Crippen molar-refractivity contribution in [2.45, 2.75) is 51.5 Å². The quantitative estimate of drug-likeness (QED) is 0.154. The molecule has 206 valence electrons. The maximum absolute atomic E-state index is 6.08. The Morgan fingerprint density at radius 3 is 2.10 bits per heavy atom. The largest absolute Gasteiger partial charge is 0.492 e. The number of allylic oxidation sites excluding steroid dienone is 1. The minimum Gasteiger partial charge on any atom is -0.492 e. The molecule has 0 atom stereocenters. The van der Waals surface area contributed by atoms with Crippen LogP contribution in [-0.4, -0.2) is 39.9 Å². The van der Waals surface area contributed by atoms with E-state index in [2.05, 4.69) is 60.8 Å². The van der Waals surface area contributed by atoms with Crippen molar-refractivity contribution in [3.05, 3.63) is 83.4 Å². The van der Waals surface area contributed by atoms with Gasteiger partial charge in [-0.15, -0.1) is 0 Å². The van der Waals surface area contributed by atoms with Gasteiger partial charge >= 0.3 is 0 Å². The summed E-state index contributed by atoms with van der Waals surface area (Å²) in [5.41, 5.74) is 5.75. The molecule has 0 saturated heterocycles. The van der Waals surface area contributed by atoms with Gasteiger partial charge in [-0.1, -0.05) is 56.5 Å². The molecule has 0 bridgehead atoms. The van der Waals surface area contributed by atoms with Crippen molar-refractivity contribution < 1.29 is 23.7 Å². The first kappa shape index (κ1) is 27.1. The molecule has 39 heavy (non-hydrogen) atoms. The van der Waals surface area contributed by atoms with Crippen LogP contribution in [0.25, 0.3) is 11.1 Å². The van der Waals surface area contributed by atoms with Crippen LogP contribution in [0.3, 0.4) is 0 Å². The third kappa shape index (κ3) is 6.94. The Balaban J connectivity index is 1.38. The van der Waals surface area contributed by atoms with Crippen molar-refractivity contribution in [2.24, 2.45) is 0 Å². The monoisotopic (exact) mass is 529 g/mol. The maximum atomic E-state index is 6.08. The molecule has 6 heteroatoms. The predicted octanol–water partition coefficient (Wildman–Crippen LogP) is 7.07. The Bertz CT molecular complexity index is 1230. The van der Waals surface area contributed by atoms with Crippen molar-refractivity contribution in [2.75, 3.05) is 33.8 Å². The van der Waals surface area contributed by atoms with Gasteiger partial charge in [0.25, 0.3) is 0 Å². The summed E-state index contributed by atoms with van der Waals surface area (Å²) >= 11 is 0. The van der Waals surface area contributed by atoms with Gasteiger partial charge in [0.15, 0.2) is 18.3 Å². The van der Waals surface area contributed by atoms with Crippen LogP contribution in [0, 0.1) is 0 Å². The second-order valence-electron chi connectivity index (χ2n) is 10.0. The van der Waals surface area contributed by atoms with Gasteiger partial charge in [0.2, 0.25) is 6.79 Å². The summed E-state index contributed by atoms with van der Waals surface area (Å²) in [6.45, 7) is 4.21. The van der Waals surface area contributed by atoms with Crippen LogP contribution >= 0.6 is 0 Å². The Hall–Kier alpha value is -3.48. The zero-order chi connectivity index (χ0) is 26.9. The molecule has 2 aliphatic rings. The highest BCUT2D eigenvalue weighted by molar-refractivity contribution is 5.99. The van der Waals surface area contributed by atoms with Crippen molar-refractivity contribution in [3.8, 4) is 23.0 Å². The number of methoxy groups -OCH3 is 1. The lowest BCUT2D eigenvalue weighted by Crippen LogP contribution is -2.34. The summed E-state index contributed by atoms with van der Waals surface area (Å²) in [5, 5.41) is 3.65. The minimum absolute atomic E-state index is 0.219. The van der Waals surface area contributed by atoms with Crippen LogP contribution in [0.1, 0.15) is 62.1 Å². The molecule has 1 N–H and O–H groups in total. The average Bonchev–Trinajstić information content (AvgIpc) is 3.46. The summed E-state index contributed by atoms with van der Waals surface area (Å²) in [7, 11) is 1.62. The first-order valence-electron chi connectivity index (χ1n) is 14.1.